The molecular weight excluding hydrogens is 196 g/mol. The van der Waals surface area contributed by atoms with Crippen LogP contribution in [-0.2, 0) is 0 Å². The van der Waals surface area contributed by atoms with E-state index in [1.807, 2.05) is 0 Å². The monoisotopic (exact) mass is 212 g/mol. The number of furan rings is 1. The van der Waals surface area contributed by atoms with Gasteiger partial charge in [-0.3, -0.25) is 5.32 Å². The highest BCUT2D eigenvalue weighted by Crippen LogP contribution is 2.05. The van der Waals surface area contributed by atoms with Gasteiger partial charge in [0.05, 0.1) is 6.26 Å². The van der Waals surface area contributed by atoms with Crippen molar-refractivity contribution in [3.8, 4) is 0 Å². The molecule has 1 aromatic heterocycles. The van der Waals surface area contributed by atoms with E-state index in [0.717, 1.165) is 19.3 Å². The highest BCUT2D eigenvalue weighted by atomic mass is 16.3. The Morgan fingerprint density at radius 1 is 1.40 bits per heavy atom. The van der Waals surface area contributed by atoms with Crippen molar-refractivity contribution in [2.24, 2.45) is 0 Å². The van der Waals surface area contributed by atoms with Gasteiger partial charge in [0, 0.05) is 19.2 Å². The van der Waals surface area contributed by atoms with Gasteiger partial charge in [-0.2, -0.15) is 0 Å². The van der Waals surface area contributed by atoms with E-state index >= 15 is 0 Å². The molecule has 1 heterocycles. The molecule has 15 heavy (non-hydrogen) atoms. The quantitative estimate of drug-likeness (QED) is 0.626. The van der Waals surface area contributed by atoms with Gasteiger partial charge in [-0.05, 0) is 25.3 Å². The summed E-state index contributed by atoms with van der Waals surface area (Å²) < 4.78 is 4.94. The fourth-order valence-corrected chi connectivity index (χ4v) is 1.12. The third kappa shape index (κ3) is 5.07. The minimum absolute atomic E-state index is 0.207. The first kappa shape index (κ1) is 11.6. The lowest BCUT2D eigenvalue weighted by molar-refractivity contribution is 0.251. The smallest absolute Gasteiger partial charge is 0.321 e. The predicted octanol–water partition coefficient (Wildman–Crippen LogP) is 1.56. The molecule has 0 atom stereocenters. The number of unbranched alkanes of at least 4 members (excludes halogenated alkanes) is 2. The number of amides is 2. The summed E-state index contributed by atoms with van der Waals surface area (Å²) in [5, 5.41) is 13.8. The molecule has 0 saturated carbocycles. The Bertz CT molecular complexity index is 272. The average molecular weight is 212 g/mol. The second-order valence-corrected chi connectivity index (χ2v) is 3.14. The van der Waals surface area contributed by atoms with Gasteiger partial charge >= 0.3 is 6.03 Å². The van der Waals surface area contributed by atoms with Gasteiger partial charge in [-0.25, -0.2) is 4.79 Å². The lowest BCUT2D eigenvalue weighted by atomic mass is 10.2. The molecule has 0 aliphatic rings. The molecule has 0 spiro atoms. The van der Waals surface area contributed by atoms with E-state index in [-0.39, 0.29) is 12.6 Å². The number of carbonyl (C=O) groups excluding carboxylic acids is 1. The van der Waals surface area contributed by atoms with Crippen molar-refractivity contribution in [3.05, 3.63) is 18.4 Å². The summed E-state index contributed by atoms with van der Waals surface area (Å²) in [5.41, 5.74) is 0. The zero-order valence-corrected chi connectivity index (χ0v) is 8.53. The minimum atomic E-state index is -0.269. The molecule has 0 fully saturated rings. The topological polar surface area (TPSA) is 74.5 Å². The Hall–Kier alpha value is -1.49. The van der Waals surface area contributed by atoms with Gasteiger partial charge < -0.3 is 14.8 Å². The number of hydrogen-bond acceptors (Lipinski definition) is 3. The molecule has 1 aromatic rings. The Balaban J connectivity index is 2.04. The van der Waals surface area contributed by atoms with Crippen LogP contribution in [-0.4, -0.2) is 24.3 Å². The highest BCUT2D eigenvalue weighted by molar-refractivity contribution is 5.87. The van der Waals surface area contributed by atoms with E-state index in [2.05, 4.69) is 10.6 Å². The van der Waals surface area contributed by atoms with Crippen LogP contribution >= 0.6 is 0 Å². The summed E-state index contributed by atoms with van der Waals surface area (Å²) in [4.78, 5) is 11.2. The first-order valence-electron chi connectivity index (χ1n) is 5.02. The molecule has 84 valence electrons. The zero-order valence-electron chi connectivity index (χ0n) is 8.53. The molecule has 0 bridgehead atoms. The number of hydrogen-bond donors (Lipinski definition) is 3. The summed E-state index contributed by atoms with van der Waals surface area (Å²) in [6.07, 6.45) is 4.06. The van der Waals surface area contributed by atoms with E-state index in [0.29, 0.717) is 12.4 Å². The summed E-state index contributed by atoms with van der Waals surface area (Å²) in [6.45, 7) is 0.811. The molecule has 0 aliphatic heterocycles. The van der Waals surface area contributed by atoms with Crippen molar-refractivity contribution < 1.29 is 14.3 Å². The molecule has 0 aromatic carbocycles. The number of carbonyl (C=O) groups is 1. The lowest BCUT2D eigenvalue weighted by Gasteiger charge is -2.04. The fraction of sp³-hybridized carbons (Fsp3) is 0.500. The van der Waals surface area contributed by atoms with Crippen LogP contribution in [0.15, 0.2) is 22.8 Å². The second-order valence-electron chi connectivity index (χ2n) is 3.14. The maximum atomic E-state index is 11.2. The molecule has 0 aliphatic carbocycles. The number of nitrogens with one attached hydrogen (secondary N) is 2. The maximum absolute atomic E-state index is 11.2. The van der Waals surface area contributed by atoms with Crippen LogP contribution in [0.3, 0.4) is 0 Å². The number of urea groups is 1. The number of aliphatic hydroxyl groups excluding tert-OH is 1. The van der Waals surface area contributed by atoms with Crippen LogP contribution < -0.4 is 10.6 Å². The normalized spacial score (nSPS) is 9.93. The Morgan fingerprint density at radius 3 is 2.93 bits per heavy atom. The standard InChI is InChI=1S/C10H16N2O3/c13-7-3-1-2-6-11-10(14)12-9-5-4-8-15-9/h4-5,8,13H,1-3,6-7H2,(H2,11,12,14). The van der Waals surface area contributed by atoms with Crippen LogP contribution in [0.2, 0.25) is 0 Å². The third-order valence-electron chi connectivity index (χ3n) is 1.88. The van der Waals surface area contributed by atoms with E-state index < -0.39 is 0 Å². The second kappa shape index (κ2) is 6.89. The van der Waals surface area contributed by atoms with Gasteiger partial charge in [-0.1, -0.05) is 0 Å². The Morgan fingerprint density at radius 2 is 2.27 bits per heavy atom. The molecule has 0 saturated heterocycles. The van der Waals surface area contributed by atoms with Gasteiger partial charge in [0.15, 0.2) is 0 Å². The molecule has 5 heteroatoms. The zero-order chi connectivity index (χ0) is 10.9. The van der Waals surface area contributed by atoms with Crippen LogP contribution in [0.5, 0.6) is 0 Å². The molecule has 0 unspecified atom stereocenters. The van der Waals surface area contributed by atoms with Crippen molar-refractivity contribution in [2.75, 3.05) is 18.5 Å². The minimum Gasteiger partial charge on any atom is -0.449 e. The average Bonchev–Trinajstić information content (AvgIpc) is 2.70. The molecule has 1 rings (SSSR count). The van der Waals surface area contributed by atoms with Gasteiger partial charge in [-0.15, -0.1) is 0 Å². The maximum Gasteiger partial charge on any atom is 0.321 e. The number of rotatable bonds is 6. The van der Waals surface area contributed by atoms with E-state index in [1.54, 1.807) is 12.1 Å². The predicted molar refractivity (Wildman–Crippen MR) is 56.7 cm³/mol. The van der Waals surface area contributed by atoms with E-state index in [9.17, 15) is 4.79 Å². The first-order valence-corrected chi connectivity index (χ1v) is 5.02. The Kier molecular flexibility index (Phi) is 5.32. The molecule has 3 N–H and O–H groups in total. The van der Waals surface area contributed by atoms with Crippen LogP contribution in [0, 0.1) is 0 Å². The largest absolute Gasteiger partial charge is 0.449 e. The van der Waals surface area contributed by atoms with Gasteiger partial charge in [0.2, 0.25) is 5.88 Å². The Labute approximate surface area is 88.5 Å². The van der Waals surface area contributed by atoms with Crippen LogP contribution in [0.25, 0.3) is 0 Å². The SMILES string of the molecule is O=C(NCCCCCO)Nc1ccco1. The first-order chi connectivity index (χ1) is 7.33. The summed E-state index contributed by atoms with van der Waals surface area (Å²) >= 11 is 0. The van der Waals surface area contributed by atoms with Crippen LogP contribution in [0.1, 0.15) is 19.3 Å². The van der Waals surface area contributed by atoms with Gasteiger partial charge in [0.1, 0.15) is 0 Å². The lowest BCUT2D eigenvalue weighted by Crippen LogP contribution is -2.29. The third-order valence-corrected chi connectivity index (χ3v) is 1.88. The molecular formula is C10H16N2O3. The van der Waals surface area contributed by atoms with E-state index in [4.69, 9.17) is 9.52 Å². The van der Waals surface area contributed by atoms with Gasteiger partial charge in [0.25, 0.3) is 0 Å². The fourth-order valence-electron chi connectivity index (χ4n) is 1.12. The number of anilines is 1. The van der Waals surface area contributed by atoms with E-state index in [1.165, 1.54) is 6.26 Å². The summed E-state index contributed by atoms with van der Waals surface area (Å²) in [6, 6.07) is 3.11. The molecule has 0 radical (unpaired) electrons. The molecule has 5 nitrogen and oxygen atoms in total. The molecule has 2 amide bonds. The van der Waals surface area contributed by atoms with Crippen molar-refractivity contribution in [1.82, 2.24) is 5.32 Å². The summed E-state index contributed by atoms with van der Waals surface area (Å²) in [5.74, 6) is 0.433. The van der Waals surface area contributed by atoms with Crippen molar-refractivity contribution in [1.29, 1.82) is 0 Å². The summed E-state index contributed by atoms with van der Waals surface area (Å²) in [7, 11) is 0. The van der Waals surface area contributed by atoms with Crippen molar-refractivity contribution in [2.45, 2.75) is 19.3 Å². The number of aliphatic hydroxyl groups is 1. The highest BCUT2D eigenvalue weighted by Gasteiger charge is 2.01. The van der Waals surface area contributed by atoms with Crippen molar-refractivity contribution >= 4 is 11.9 Å². The van der Waals surface area contributed by atoms with Crippen molar-refractivity contribution in [3.63, 3.8) is 0 Å². The van der Waals surface area contributed by atoms with Crippen LogP contribution in [0.4, 0.5) is 10.7 Å².